The van der Waals surface area contributed by atoms with Gasteiger partial charge in [0.05, 0.1) is 0 Å². The fourth-order valence-corrected chi connectivity index (χ4v) is 2.70. The highest BCUT2D eigenvalue weighted by atomic mass is 33.1. The van der Waals surface area contributed by atoms with Gasteiger partial charge in [0.25, 0.3) is 0 Å². The van der Waals surface area contributed by atoms with Crippen molar-refractivity contribution in [2.45, 2.75) is 4.90 Å². The highest BCUT2D eigenvalue weighted by molar-refractivity contribution is 8.68. The molecule has 0 heterocycles. The summed E-state index contributed by atoms with van der Waals surface area (Å²) in [4.78, 5) is 1.19. The lowest BCUT2D eigenvalue weighted by Gasteiger charge is -2.04. The molecular weight excluding hydrogens is 232 g/mol. The smallest absolute Gasteiger partial charge is 0.0186 e. The maximum Gasteiger partial charge on any atom is 0.0186 e. The molecule has 0 fully saturated rings. The Morgan fingerprint density at radius 1 is 0.750 bits per heavy atom. The topological polar surface area (TPSA) is 0 Å². The predicted octanol–water partition coefficient (Wildman–Crippen LogP) is 4.93. The van der Waals surface area contributed by atoms with E-state index in [1.165, 1.54) is 37.2 Å². The second-order valence-corrected chi connectivity index (χ2v) is 4.96. The summed E-state index contributed by atoms with van der Waals surface area (Å²) in [5.74, 6) is 0. The molecule has 0 bridgehead atoms. The first-order valence-corrected chi connectivity index (χ1v) is 6.98. The number of hydrogen-bond donors (Lipinski definition) is 1. The number of fused-ring (bicyclic) bond motifs is 3. The minimum atomic E-state index is 1.19. The molecule has 0 atom stereocenters. The molecule has 0 aromatic heterocycles. The quantitative estimate of drug-likeness (QED) is 0.358. The molecule has 0 nitrogen and oxygen atoms in total. The van der Waals surface area contributed by atoms with Crippen molar-refractivity contribution < 1.29 is 0 Å². The van der Waals surface area contributed by atoms with Gasteiger partial charge in [0.15, 0.2) is 0 Å². The van der Waals surface area contributed by atoms with Crippen molar-refractivity contribution in [2.75, 3.05) is 0 Å². The average molecular weight is 242 g/mol. The molecule has 3 aromatic rings. The summed E-state index contributed by atoms with van der Waals surface area (Å²) >= 11 is 4.23. The molecule has 0 spiro atoms. The van der Waals surface area contributed by atoms with E-state index in [0.717, 1.165) is 0 Å². The lowest BCUT2D eigenvalue weighted by Crippen LogP contribution is -1.77. The van der Waals surface area contributed by atoms with Crippen molar-refractivity contribution in [3.05, 3.63) is 54.6 Å². The fourth-order valence-electron chi connectivity index (χ4n) is 2.05. The molecule has 3 rings (SSSR count). The van der Waals surface area contributed by atoms with Gasteiger partial charge in [-0.25, -0.2) is 0 Å². The van der Waals surface area contributed by atoms with Crippen LogP contribution in [0.25, 0.3) is 21.5 Å². The van der Waals surface area contributed by atoms with E-state index in [4.69, 9.17) is 0 Å². The van der Waals surface area contributed by atoms with E-state index in [1.54, 1.807) is 0 Å². The van der Waals surface area contributed by atoms with Crippen LogP contribution in [-0.2, 0) is 0 Å². The van der Waals surface area contributed by atoms with Gasteiger partial charge in [0.1, 0.15) is 0 Å². The molecule has 0 aliphatic heterocycles. The summed E-state index contributed by atoms with van der Waals surface area (Å²) in [5.41, 5.74) is 0. The van der Waals surface area contributed by atoms with Gasteiger partial charge >= 0.3 is 0 Å². The zero-order valence-corrected chi connectivity index (χ0v) is 10.3. The van der Waals surface area contributed by atoms with Crippen LogP contribution in [0.5, 0.6) is 0 Å². The van der Waals surface area contributed by atoms with Crippen LogP contribution in [0, 0.1) is 0 Å². The zero-order valence-electron chi connectivity index (χ0n) is 8.55. The molecule has 0 radical (unpaired) electrons. The number of benzene rings is 3. The lowest BCUT2D eigenvalue weighted by atomic mass is 10.0. The van der Waals surface area contributed by atoms with Gasteiger partial charge in [-0.3, -0.25) is 0 Å². The molecule has 16 heavy (non-hydrogen) atoms. The lowest BCUT2D eigenvalue weighted by molar-refractivity contribution is 1.53. The van der Waals surface area contributed by atoms with Crippen LogP contribution < -0.4 is 0 Å². The summed E-state index contributed by atoms with van der Waals surface area (Å²) in [6.07, 6.45) is 0. The van der Waals surface area contributed by atoms with Gasteiger partial charge in [-0.2, -0.15) is 0 Å². The summed E-state index contributed by atoms with van der Waals surface area (Å²) in [7, 11) is 1.48. The highest BCUT2D eigenvalue weighted by Crippen LogP contribution is 2.30. The molecule has 0 saturated carbocycles. The molecule has 0 aliphatic carbocycles. The van der Waals surface area contributed by atoms with Gasteiger partial charge in [-0.15, -0.1) is 11.7 Å². The van der Waals surface area contributed by atoms with Gasteiger partial charge in [0.2, 0.25) is 0 Å². The Hall–Kier alpha value is -1.12. The van der Waals surface area contributed by atoms with Gasteiger partial charge in [-0.05, 0) is 33.7 Å². The van der Waals surface area contributed by atoms with Crippen molar-refractivity contribution in [3.63, 3.8) is 0 Å². The number of rotatable bonds is 1. The second kappa shape index (κ2) is 4.04. The minimum absolute atomic E-state index is 1.19. The Morgan fingerprint density at radius 2 is 1.50 bits per heavy atom. The average Bonchev–Trinajstić information content (AvgIpc) is 2.38. The Morgan fingerprint density at radius 3 is 2.38 bits per heavy atom. The minimum Gasteiger partial charge on any atom is -0.106 e. The second-order valence-electron chi connectivity index (χ2n) is 3.76. The monoisotopic (exact) mass is 242 g/mol. The Bertz CT molecular complexity index is 659. The number of thiol groups is 1. The summed E-state index contributed by atoms with van der Waals surface area (Å²) in [6, 6.07) is 19.3. The summed E-state index contributed by atoms with van der Waals surface area (Å²) < 4.78 is 0. The third kappa shape index (κ3) is 1.58. The van der Waals surface area contributed by atoms with Crippen LogP contribution in [0.15, 0.2) is 59.5 Å². The molecular formula is C14H10S2. The van der Waals surface area contributed by atoms with E-state index in [9.17, 15) is 0 Å². The Balaban J connectivity index is 2.43. The standard InChI is InChI=1S/C14H10S2/c15-16-12-7-8-14-11(9-12)6-5-10-3-1-2-4-13(10)14/h1-9,15H. The first-order valence-electron chi connectivity index (χ1n) is 5.11. The van der Waals surface area contributed by atoms with E-state index in [-0.39, 0.29) is 0 Å². The van der Waals surface area contributed by atoms with E-state index >= 15 is 0 Å². The van der Waals surface area contributed by atoms with Crippen LogP contribution in [0.3, 0.4) is 0 Å². The van der Waals surface area contributed by atoms with Crippen molar-refractivity contribution in [1.82, 2.24) is 0 Å². The van der Waals surface area contributed by atoms with Crippen molar-refractivity contribution in [3.8, 4) is 0 Å². The van der Waals surface area contributed by atoms with Crippen LogP contribution in [0.2, 0.25) is 0 Å². The first kappa shape index (κ1) is 10.1. The van der Waals surface area contributed by atoms with E-state index < -0.39 is 0 Å². The molecule has 0 unspecified atom stereocenters. The number of hydrogen-bond acceptors (Lipinski definition) is 2. The molecule has 0 N–H and O–H groups in total. The van der Waals surface area contributed by atoms with Gasteiger partial charge in [0, 0.05) is 4.90 Å². The van der Waals surface area contributed by atoms with Crippen molar-refractivity contribution in [1.29, 1.82) is 0 Å². The first-order chi connectivity index (χ1) is 7.88. The van der Waals surface area contributed by atoms with Gasteiger partial charge < -0.3 is 0 Å². The third-order valence-electron chi connectivity index (χ3n) is 2.82. The van der Waals surface area contributed by atoms with Crippen LogP contribution in [0.4, 0.5) is 0 Å². The molecule has 0 saturated heterocycles. The predicted molar refractivity (Wildman–Crippen MR) is 76.3 cm³/mol. The van der Waals surface area contributed by atoms with Crippen LogP contribution in [-0.4, -0.2) is 0 Å². The SMILES string of the molecule is SSc1ccc2c(ccc3ccccc32)c1. The van der Waals surface area contributed by atoms with Crippen LogP contribution >= 0.6 is 22.5 Å². The fraction of sp³-hybridized carbons (Fsp3) is 0. The maximum atomic E-state index is 4.23. The van der Waals surface area contributed by atoms with Crippen molar-refractivity contribution >= 4 is 44.0 Å². The van der Waals surface area contributed by atoms with Crippen molar-refractivity contribution in [2.24, 2.45) is 0 Å². The third-order valence-corrected chi connectivity index (χ3v) is 3.92. The largest absolute Gasteiger partial charge is 0.106 e. The molecule has 3 aromatic carbocycles. The van der Waals surface area contributed by atoms with E-state index in [0.29, 0.717) is 0 Å². The molecule has 0 aliphatic rings. The maximum absolute atomic E-state index is 4.23. The summed E-state index contributed by atoms with van der Waals surface area (Å²) in [6.45, 7) is 0. The summed E-state index contributed by atoms with van der Waals surface area (Å²) in [5, 5.41) is 5.19. The van der Waals surface area contributed by atoms with Crippen LogP contribution in [0.1, 0.15) is 0 Å². The highest BCUT2D eigenvalue weighted by Gasteiger charge is 2.00. The van der Waals surface area contributed by atoms with E-state index in [2.05, 4.69) is 66.3 Å². The zero-order chi connectivity index (χ0) is 11.0. The normalized spacial score (nSPS) is 11.1. The van der Waals surface area contributed by atoms with E-state index in [1.807, 2.05) is 0 Å². The van der Waals surface area contributed by atoms with Gasteiger partial charge in [-0.1, -0.05) is 53.3 Å². The molecule has 78 valence electrons. The Kier molecular flexibility index (Phi) is 2.54. The molecule has 0 amide bonds. The molecule has 2 heteroatoms. The Labute approximate surface area is 103 Å².